The third-order valence-electron chi connectivity index (χ3n) is 3.64. The van der Waals surface area contributed by atoms with Crippen LogP contribution in [0.25, 0.3) is 10.9 Å². The van der Waals surface area contributed by atoms with Gasteiger partial charge in [-0.1, -0.05) is 11.6 Å². The number of benzene rings is 1. The van der Waals surface area contributed by atoms with Crippen LogP contribution in [0.3, 0.4) is 0 Å². The number of anilines is 1. The Hall–Kier alpha value is -1.35. The van der Waals surface area contributed by atoms with Crippen LogP contribution in [0.15, 0.2) is 12.1 Å². The van der Waals surface area contributed by atoms with Crippen molar-refractivity contribution in [3.8, 4) is 0 Å². The average Bonchev–Trinajstić information content (AvgIpc) is 2.40. The second kappa shape index (κ2) is 4.97. The molecule has 0 fully saturated rings. The third-order valence-corrected chi connectivity index (χ3v) is 3.86. The van der Waals surface area contributed by atoms with Gasteiger partial charge in [-0.05, 0) is 50.3 Å². The molecule has 1 aromatic heterocycles. The summed E-state index contributed by atoms with van der Waals surface area (Å²) in [5.41, 5.74) is 3.72. The van der Waals surface area contributed by atoms with Gasteiger partial charge in [-0.25, -0.2) is 9.37 Å². The lowest BCUT2D eigenvalue weighted by Crippen LogP contribution is -2.11. The van der Waals surface area contributed by atoms with E-state index in [9.17, 15) is 4.39 Å². The van der Waals surface area contributed by atoms with Gasteiger partial charge in [0.15, 0.2) is 5.82 Å². The van der Waals surface area contributed by atoms with Crippen molar-refractivity contribution in [2.45, 2.75) is 32.6 Å². The molecule has 0 saturated carbocycles. The summed E-state index contributed by atoms with van der Waals surface area (Å²) in [7, 11) is 0. The summed E-state index contributed by atoms with van der Waals surface area (Å²) in [5, 5.41) is 4.58. The summed E-state index contributed by atoms with van der Waals surface area (Å²) in [6, 6.07) is 3.14. The quantitative estimate of drug-likeness (QED) is 0.884. The predicted molar refractivity (Wildman–Crippen MR) is 77.5 cm³/mol. The monoisotopic (exact) mass is 278 g/mol. The van der Waals surface area contributed by atoms with Crippen molar-refractivity contribution in [1.82, 2.24) is 4.98 Å². The number of fused-ring (bicyclic) bond motifs is 2. The SMILES string of the molecule is CCNc1c2c(nc3c(F)cc(Cl)cc13)CCCC2. The van der Waals surface area contributed by atoms with Gasteiger partial charge >= 0.3 is 0 Å². The summed E-state index contributed by atoms with van der Waals surface area (Å²) in [5.74, 6) is -0.338. The van der Waals surface area contributed by atoms with Crippen LogP contribution in [0.5, 0.6) is 0 Å². The minimum atomic E-state index is -0.338. The van der Waals surface area contributed by atoms with E-state index in [0.717, 1.165) is 42.6 Å². The van der Waals surface area contributed by atoms with Crippen molar-refractivity contribution < 1.29 is 4.39 Å². The van der Waals surface area contributed by atoms with Gasteiger partial charge in [-0.3, -0.25) is 0 Å². The van der Waals surface area contributed by atoms with Gasteiger partial charge in [0.05, 0.1) is 0 Å². The van der Waals surface area contributed by atoms with Crippen molar-refractivity contribution in [2.75, 3.05) is 11.9 Å². The number of halogens is 2. The van der Waals surface area contributed by atoms with Crippen LogP contribution in [0.1, 0.15) is 31.0 Å². The van der Waals surface area contributed by atoms with E-state index < -0.39 is 0 Å². The van der Waals surface area contributed by atoms with E-state index in [-0.39, 0.29) is 5.82 Å². The highest BCUT2D eigenvalue weighted by atomic mass is 35.5. The Morgan fingerprint density at radius 2 is 2.11 bits per heavy atom. The Morgan fingerprint density at radius 3 is 2.89 bits per heavy atom. The fourth-order valence-corrected chi connectivity index (χ4v) is 3.03. The zero-order valence-electron chi connectivity index (χ0n) is 10.9. The zero-order chi connectivity index (χ0) is 13.4. The van der Waals surface area contributed by atoms with E-state index in [1.54, 1.807) is 6.07 Å². The average molecular weight is 279 g/mol. The fraction of sp³-hybridized carbons (Fsp3) is 0.400. The molecule has 0 bridgehead atoms. The first-order valence-corrected chi connectivity index (χ1v) is 7.13. The van der Waals surface area contributed by atoms with Crippen LogP contribution in [0, 0.1) is 5.82 Å². The zero-order valence-corrected chi connectivity index (χ0v) is 11.6. The fourth-order valence-electron chi connectivity index (χ4n) is 2.83. The normalized spacial score (nSPS) is 14.5. The Bertz CT molecular complexity index is 640. The minimum absolute atomic E-state index is 0.338. The number of hydrogen-bond donors (Lipinski definition) is 1. The largest absolute Gasteiger partial charge is 0.384 e. The van der Waals surface area contributed by atoms with Crippen LogP contribution in [0.2, 0.25) is 5.02 Å². The number of nitrogens with zero attached hydrogens (tertiary/aromatic N) is 1. The van der Waals surface area contributed by atoms with Crippen molar-refractivity contribution >= 4 is 28.2 Å². The van der Waals surface area contributed by atoms with Crippen molar-refractivity contribution in [2.24, 2.45) is 0 Å². The highest BCUT2D eigenvalue weighted by molar-refractivity contribution is 6.31. The van der Waals surface area contributed by atoms with Crippen LogP contribution >= 0.6 is 11.6 Å². The molecule has 0 radical (unpaired) electrons. The smallest absolute Gasteiger partial charge is 0.150 e. The first-order valence-electron chi connectivity index (χ1n) is 6.75. The lowest BCUT2D eigenvalue weighted by molar-refractivity contribution is 0.632. The van der Waals surface area contributed by atoms with E-state index in [4.69, 9.17) is 11.6 Å². The second-order valence-corrected chi connectivity index (χ2v) is 5.37. The Labute approximate surface area is 117 Å². The van der Waals surface area contributed by atoms with Gasteiger partial charge in [0.25, 0.3) is 0 Å². The molecule has 3 rings (SSSR count). The predicted octanol–water partition coefficient (Wildman–Crippen LogP) is 4.34. The molecule has 0 aliphatic heterocycles. The molecule has 2 aromatic rings. The highest BCUT2D eigenvalue weighted by Gasteiger charge is 2.19. The Balaban J connectivity index is 2.35. The molecule has 1 aliphatic rings. The van der Waals surface area contributed by atoms with E-state index in [1.807, 2.05) is 6.92 Å². The Morgan fingerprint density at radius 1 is 1.32 bits per heavy atom. The first-order chi connectivity index (χ1) is 9.20. The number of aryl methyl sites for hydroxylation is 1. The summed E-state index contributed by atoms with van der Waals surface area (Å²) < 4.78 is 14.1. The molecule has 0 amide bonds. The van der Waals surface area contributed by atoms with Gasteiger partial charge in [0.1, 0.15) is 5.52 Å². The van der Waals surface area contributed by atoms with E-state index >= 15 is 0 Å². The van der Waals surface area contributed by atoms with Crippen LogP contribution in [0.4, 0.5) is 10.1 Å². The van der Waals surface area contributed by atoms with Crippen LogP contribution < -0.4 is 5.32 Å². The van der Waals surface area contributed by atoms with Crippen molar-refractivity contribution in [3.05, 3.63) is 34.2 Å². The van der Waals surface area contributed by atoms with Gasteiger partial charge in [0.2, 0.25) is 0 Å². The number of pyridine rings is 1. The lowest BCUT2D eigenvalue weighted by atomic mass is 9.92. The molecule has 2 nitrogen and oxygen atoms in total. The molecule has 1 aliphatic carbocycles. The Kier molecular flexibility index (Phi) is 3.31. The van der Waals surface area contributed by atoms with E-state index in [2.05, 4.69) is 10.3 Å². The van der Waals surface area contributed by atoms with E-state index in [1.165, 1.54) is 18.1 Å². The number of nitrogens with one attached hydrogen (secondary N) is 1. The number of rotatable bonds is 2. The van der Waals surface area contributed by atoms with Crippen molar-refractivity contribution in [3.63, 3.8) is 0 Å². The summed E-state index contributed by atoms with van der Waals surface area (Å²) in [4.78, 5) is 4.53. The highest BCUT2D eigenvalue weighted by Crippen LogP contribution is 2.35. The number of hydrogen-bond acceptors (Lipinski definition) is 2. The maximum absolute atomic E-state index is 14.1. The molecule has 19 heavy (non-hydrogen) atoms. The van der Waals surface area contributed by atoms with Gasteiger partial charge in [0, 0.05) is 28.3 Å². The molecular weight excluding hydrogens is 263 g/mol. The third kappa shape index (κ3) is 2.16. The van der Waals surface area contributed by atoms with Gasteiger partial charge in [-0.2, -0.15) is 0 Å². The molecule has 1 N–H and O–H groups in total. The van der Waals surface area contributed by atoms with Crippen molar-refractivity contribution in [1.29, 1.82) is 0 Å². The minimum Gasteiger partial charge on any atom is -0.384 e. The maximum atomic E-state index is 14.1. The molecule has 1 heterocycles. The maximum Gasteiger partial charge on any atom is 0.150 e. The van der Waals surface area contributed by atoms with Crippen LogP contribution in [-0.2, 0) is 12.8 Å². The molecule has 1 aromatic carbocycles. The molecule has 0 unspecified atom stereocenters. The molecule has 0 spiro atoms. The molecule has 0 atom stereocenters. The second-order valence-electron chi connectivity index (χ2n) is 4.93. The van der Waals surface area contributed by atoms with Gasteiger partial charge in [-0.15, -0.1) is 0 Å². The lowest BCUT2D eigenvalue weighted by Gasteiger charge is -2.21. The summed E-state index contributed by atoms with van der Waals surface area (Å²) in [6.07, 6.45) is 4.24. The van der Waals surface area contributed by atoms with E-state index in [0.29, 0.717) is 10.5 Å². The summed E-state index contributed by atoms with van der Waals surface area (Å²) in [6.45, 7) is 2.85. The van der Waals surface area contributed by atoms with Gasteiger partial charge < -0.3 is 5.32 Å². The topological polar surface area (TPSA) is 24.9 Å². The molecule has 0 saturated heterocycles. The molecular formula is C15H16ClFN2. The molecule has 4 heteroatoms. The standard InChI is InChI=1S/C15H16ClFN2/c1-2-18-14-10-5-3-4-6-13(10)19-15-11(14)7-9(16)8-12(15)17/h7-8H,2-6H2,1H3,(H,18,19). The molecule has 100 valence electrons. The summed E-state index contributed by atoms with van der Waals surface area (Å²) >= 11 is 5.98. The van der Waals surface area contributed by atoms with Crippen LogP contribution in [-0.4, -0.2) is 11.5 Å². The number of aromatic nitrogens is 1. The first kappa shape index (κ1) is 12.7.